The Hall–Kier alpha value is -2.47. The summed E-state index contributed by atoms with van der Waals surface area (Å²) in [6.07, 6.45) is 4.75. The van der Waals surface area contributed by atoms with Gasteiger partial charge in [-0.25, -0.2) is 9.78 Å². The van der Waals surface area contributed by atoms with Gasteiger partial charge in [-0.2, -0.15) is 0 Å². The molecule has 1 amide bonds. The summed E-state index contributed by atoms with van der Waals surface area (Å²) >= 11 is 1.49. The minimum atomic E-state index is -1.03. The van der Waals surface area contributed by atoms with Crippen LogP contribution in [0, 0.1) is 6.92 Å². The molecule has 102 valence electrons. The number of carbonyl (C=O) groups is 2. The molecule has 1 aromatic carbocycles. The molecular weight excluding hydrogens is 276 g/mol. The van der Waals surface area contributed by atoms with Gasteiger partial charge < -0.3 is 10.4 Å². The van der Waals surface area contributed by atoms with Gasteiger partial charge in [0.1, 0.15) is 0 Å². The fourth-order valence-corrected chi connectivity index (χ4v) is 2.21. The molecule has 0 saturated carbocycles. The van der Waals surface area contributed by atoms with Gasteiger partial charge in [0.15, 0.2) is 0 Å². The number of rotatable bonds is 4. The molecule has 0 bridgehead atoms. The fraction of sp³-hybridized carbons (Fsp3) is 0.0714. The number of benzene rings is 1. The van der Waals surface area contributed by atoms with Crippen LogP contribution < -0.4 is 5.32 Å². The van der Waals surface area contributed by atoms with Crippen LogP contribution >= 0.6 is 11.3 Å². The molecule has 20 heavy (non-hydrogen) atoms. The molecule has 2 aromatic rings. The van der Waals surface area contributed by atoms with Crippen molar-refractivity contribution in [3.05, 3.63) is 52.0 Å². The standard InChI is InChI=1S/C14H12N2O3S/c1-9-15-8-12(20-9)5-6-13(17)16-11-4-2-3-10(7-11)14(18)19/h2-8H,1H3,(H,16,17)(H,18,19). The van der Waals surface area contributed by atoms with Crippen molar-refractivity contribution >= 4 is 35.0 Å². The third-order valence-electron chi connectivity index (χ3n) is 2.42. The Morgan fingerprint density at radius 2 is 2.20 bits per heavy atom. The average molecular weight is 288 g/mol. The number of aromatic nitrogens is 1. The minimum Gasteiger partial charge on any atom is -0.478 e. The first kappa shape index (κ1) is 14.0. The third kappa shape index (κ3) is 3.76. The van der Waals surface area contributed by atoms with Crippen molar-refractivity contribution in [1.29, 1.82) is 0 Å². The second-order valence-corrected chi connectivity index (χ2v) is 5.26. The molecular formula is C14H12N2O3S. The molecule has 0 spiro atoms. The van der Waals surface area contributed by atoms with Gasteiger partial charge in [0.05, 0.1) is 10.6 Å². The van der Waals surface area contributed by atoms with Gasteiger partial charge in [0.25, 0.3) is 0 Å². The average Bonchev–Trinajstić information content (AvgIpc) is 2.82. The number of thiazole rings is 1. The highest BCUT2D eigenvalue weighted by molar-refractivity contribution is 7.12. The van der Waals surface area contributed by atoms with E-state index in [9.17, 15) is 9.59 Å². The molecule has 1 heterocycles. The maximum atomic E-state index is 11.7. The van der Waals surface area contributed by atoms with Gasteiger partial charge in [-0.1, -0.05) is 6.07 Å². The predicted molar refractivity (Wildman–Crippen MR) is 77.9 cm³/mol. The highest BCUT2D eigenvalue weighted by Crippen LogP contribution is 2.14. The number of nitrogens with zero attached hydrogens (tertiary/aromatic N) is 1. The van der Waals surface area contributed by atoms with Crippen LogP contribution in [-0.4, -0.2) is 22.0 Å². The van der Waals surface area contributed by atoms with Crippen LogP contribution in [0.25, 0.3) is 6.08 Å². The molecule has 1 aromatic heterocycles. The van der Waals surface area contributed by atoms with Crippen LogP contribution in [0.15, 0.2) is 36.5 Å². The molecule has 0 aliphatic rings. The smallest absolute Gasteiger partial charge is 0.335 e. The summed E-state index contributed by atoms with van der Waals surface area (Å²) in [5.74, 6) is -1.35. The van der Waals surface area contributed by atoms with Crippen LogP contribution in [0.2, 0.25) is 0 Å². The van der Waals surface area contributed by atoms with E-state index in [1.54, 1.807) is 24.4 Å². The van der Waals surface area contributed by atoms with E-state index >= 15 is 0 Å². The second-order valence-electron chi connectivity index (χ2n) is 3.99. The Morgan fingerprint density at radius 3 is 2.85 bits per heavy atom. The van der Waals surface area contributed by atoms with Crippen molar-refractivity contribution in [2.75, 3.05) is 5.32 Å². The molecule has 0 saturated heterocycles. The summed E-state index contributed by atoms with van der Waals surface area (Å²) in [7, 11) is 0. The molecule has 6 heteroatoms. The first-order chi connectivity index (χ1) is 9.54. The van der Waals surface area contributed by atoms with Crippen molar-refractivity contribution in [2.45, 2.75) is 6.92 Å². The molecule has 0 aliphatic heterocycles. The lowest BCUT2D eigenvalue weighted by molar-refractivity contribution is -0.111. The van der Waals surface area contributed by atoms with Crippen LogP contribution in [0.4, 0.5) is 5.69 Å². The van der Waals surface area contributed by atoms with Crippen LogP contribution in [0.5, 0.6) is 0 Å². The highest BCUT2D eigenvalue weighted by atomic mass is 32.1. The third-order valence-corrected chi connectivity index (χ3v) is 3.29. The largest absolute Gasteiger partial charge is 0.478 e. The quantitative estimate of drug-likeness (QED) is 0.848. The lowest BCUT2D eigenvalue weighted by Gasteiger charge is -2.02. The number of aromatic carboxylic acids is 1. The Labute approximate surface area is 119 Å². The highest BCUT2D eigenvalue weighted by Gasteiger charge is 2.04. The van der Waals surface area contributed by atoms with E-state index in [0.29, 0.717) is 5.69 Å². The van der Waals surface area contributed by atoms with Gasteiger partial charge in [-0.3, -0.25) is 4.79 Å². The number of hydrogen-bond acceptors (Lipinski definition) is 4. The Kier molecular flexibility index (Phi) is 4.27. The number of hydrogen-bond donors (Lipinski definition) is 2. The number of carboxylic acids is 1. The molecule has 0 aliphatic carbocycles. The van der Waals surface area contributed by atoms with Gasteiger partial charge in [-0.15, -0.1) is 11.3 Å². The van der Waals surface area contributed by atoms with Crippen LogP contribution in [0.3, 0.4) is 0 Å². The predicted octanol–water partition coefficient (Wildman–Crippen LogP) is 2.80. The fourth-order valence-electron chi connectivity index (χ4n) is 1.53. The molecule has 2 N–H and O–H groups in total. The Morgan fingerprint density at radius 1 is 1.40 bits per heavy atom. The zero-order chi connectivity index (χ0) is 14.5. The van der Waals surface area contributed by atoms with Crippen molar-refractivity contribution < 1.29 is 14.7 Å². The van der Waals surface area contributed by atoms with Gasteiger partial charge >= 0.3 is 5.97 Å². The van der Waals surface area contributed by atoms with Crippen molar-refractivity contribution in [2.24, 2.45) is 0 Å². The van der Waals surface area contributed by atoms with Gasteiger partial charge in [0.2, 0.25) is 5.91 Å². The zero-order valence-electron chi connectivity index (χ0n) is 10.7. The summed E-state index contributed by atoms with van der Waals surface area (Å²) in [6.45, 7) is 1.89. The number of carboxylic acid groups (broad SMARTS) is 1. The monoisotopic (exact) mass is 288 g/mol. The van der Waals surface area contributed by atoms with Crippen molar-refractivity contribution in [3.63, 3.8) is 0 Å². The Bertz CT molecular complexity index is 677. The summed E-state index contributed by atoms with van der Waals surface area (Å²) < 4.78 is 0. The number of aryl methyl sites for hydroxylation is 1. The van der Waals surface area contributed by atoms with E-state index in [0.717, 1.165) is 9.88 Å². The zero-order valence-corrected chi connectivity index (χ0v) is 11.5. The van der Waals surface area contributed by atoms with E-state index in [1.807, 2.05) is 6.92 Å². The van der Waals surface area contributed by atoms with Crippen LogP contribution in [0.1, 0.15) is 20.2 Å². The molecule has 0 fully saturated rings. The molecule has 0 radical (unpaired) electrons. The maximum Gasteiger partial charge on any atom is 0.335 e. The van der Waals surface area contributed by atoms with Crippen molar-refractivity contribution in [3.8, 4) is 0 Å². The maximum absolute atomic E-state index is 11.7. The summed E-state index contributed by atoms with van der Waals surface area (Å²) in [4.78, 5) is 27.5. The molecule has 5 nitrogen and oxygen atoms in total. The van der Waals surface area contributed by atoms with E-state index in [-0.39, 0.29) is 11.5 Å². The number of nitrogens with one attached hydrogen (secondary N) is 1. The molecule has 0 unspecified atom stereocenters. The molecule has 0 atom stereocenters. The topological polar surface area (TPSA) is 79.3 Å². The first-order valence-corrected chi connectivity index (χ1v) is 6.61. The Balaban J connectivity index is 2.02. The summed E-state index contributed by atoms with van der Waals surface area (Å²) in [5, 5.41) is 12.4. The second kappa shape index (κ2) is 6.12. The first-order valence-electron chi connectivity index (χ1n) is 5.79. The van der Waals surface area contributed by atoms with Crippen molar-refractivity contribution in [1.82, 2.24) is 4.98 Å². The van der Waals surface area contributed by atoms with E-state index in [2.05, 4.69) is 10.3 Å². The number of amides is 1. The number of anilines is 1. The SMILES string of the molecule is Cc1ncc(C=CC(=O)Nc2cccc(C(=O)O)c2)s1. The summed E-state index contributed by atoms with van der Waals surface area (Å²) in [6, 6.07) is 6.09. The van der Waals surface area contributed by atoms with Crippen LogP contribution in [-0.2, 0) is 4.79 Å². The lowest BCUT2D eigenvalue weighted by Crippen LogP contribution is -2.08. The van der Waals surface area contributed by atoms with E-state index in [4.69, 9.17) is 5.11 Å². The van der Waals surface area contributed by atoms with Gasteiger partial charge in [0, 0.05) is 22.8 Å². The van der Waals surface area contributed by atoms with E-state index < -0.39 is 5.97 Å². The van der Waals surface area contributed by atoms with E-state index in [1.165, 1.54) is 29.5 Å². The number of carbonyl (C=O) groups excluding carboxylic acids is 1. The summed E-state index contributed by atoms with van der Waals surface area (Å²) in [5.41, 5.74) is 0.574. The lowest BCUT2D eigenvalue weighted by atomic mass is 10.2. The normalized spacial score (nSPS) is 10.7. The minimum absolute atomic E-state index is 0.130. The van der Waals surface area contributed by atoms with Gasteiger partial charge in [-0.05, 0) is 31.2 Å². The molecule has 2 rings (SSSR count).